The third-order valence-electron chi connectivity index (χ3n) is 3.90. The monoisotopic (exact) mass is 352 g/mol. The number of benzene rings is 3. The van der Waals surface area contributed by atoms with Gasteiger partial charge in [0.25, 0.3) is 0 Å². The average Bonchev–Trinajstić information content (AvgIpc) is 2.65. The van der Waals surface area contributed by atoms with Gasteiger partial charge < -0.3 is 9.47 Å². The van der Waals surface area contributed by atoms with Crippen LogP contribution in [-0.2, 0) is 12.8 Å². The van der Waals surface area contributed by atoms with Gasteiger partial charge in [0.1, 0.15) is 11.5 Å². The Bertz CT molecular complexity index is 773. The summed E-state index contributed by atoms with van der Waals surface area (Å²) in [5.41, 5.74) is 2.51. The summed E-state index contributed by atoms with van der Waals surface area (Å²) in [6.45, 7) is 1.21. The Morgan fingerprint density at radius 3 is 1.76 bits per heavy atom. The van der Waals surface area contributed by atoms with Gasteiger partial charge in [0, 0.05) is 18.9 Å². The summed E-state index contributed by atoms with van der Waals surface area (Å²) in [5.74, 6) is 1.45. The van der Waals surface area contributed by atoms with Gasteiger partial charge >= 0.3 is 0 Å². The van der Waals surface area contributed by atoms with Crippen LogP contribution in [-0.4, -0.2) is 13.2 Å². The van der Waals surface area contributed by atoms with E-state index in [1.165, 1.54) is 11.1 Å². The summed E-state index contributed by atoms with van der Waals surface area (Å²) in [5, 5.41) is 0.574. The molecule has 0 aliphatic carbocycles. The van der Waals surface area contributed by atoms with Crippen LogP contribution in [0.5, 0.6) is 11.5 Å². The van der Waals surface area contributed by atoms with E-state index >= 15 is 0 Å². The molecule has 25 heavy (non-hydrogen) atoms. The van der Waals surface area contributed by atoms with Crippen LogP contribution in [0.4, 0.5) is 0 Å². The number of ether oxygens (including phenoxy) is 2. The standard InChI is InChI=1S/C22H21ClO2/c23-21-17-20(24-15-13-18-7-3-1-4-8-18)11-12-22(21)25-16-14-19-9-5-2-6-10-19/h1-12,17H,13-16H2. The van der Waals surface area contributed by atoms with E-state index in [-0.39, 0.29) is 0 Å². The minimum Gasteiger partial charge on any atom is -0.493 e. The summed E-state index contributed by atoms with van der Waals surface area (Å²) in [6.07, 6.45) is 1.72. The minimum absolute atomic E-state index is 0.574. The van der Waals surface area contributed by atoms with Gasteiger partial charge in [-0.15, -0.1) is 0 Å². The van der Waals surface area contributed by atoms with Crippen molar-refractivity contribution in [1.29, 1.82) is 0 Å². The minimum atomic E-state index is 0.574. The van der Waals surface area contributed by atoms with Crippen LogP contribution in [0, 0.1) is 0 Å². The van der Waals surface area contributed by atoms with Crippen LogP contribution in [0.15, 0.2) is 78.9 Å². The SMILES string of the molecule is Clc1cc(OCCc2ccccc2)ccc1OCCc1ccccc1. The van der Waals surface area contributed by atoms with E-state index in [0.29, 0.717) is 24.0 Å². The summed E-state index contributed by atoms with van der Waals surface area (Å²) >= 11 is 6.30. The highest BCUT2D eigenvalue weighted by molar-refractivity contribution is 6.32. The predicted octanol–water partition coefficient (Wildman–Crippen LogP) is 5.58. The van der Waals surface area contributed by atoms with Gasteiger partial charge in [-0.2, -0.15) is 0 Å². The van der Waals surface area contributed by atoms with E-state index in [0.717, 1.165) is 18.6 Å². The van der Waals surface area contributed by atoms with Gasteiger partial charge in [-0.3, -0.25) is 0 Å². The second kappa shape index (κ2) is 9.14. The fraction of sp³-hybridized carbons (Fsp3) is 0.182. The molecule has 0 saturated carbocycles. The summed E-state index contributed by atoms with van der Waals surface area (Å²) in [4.78, 5) is 0. The zero-order valence-electron chi connectivity index (χ0n) is 14.0. The van der Waals surface area contributed by atoms with Crippen molar-refractivity contribution in [3.63, 3.8) is 0 Å². The molecule has 0 aromatic heterocycles. The second-order valence-corrected chi connectivity index (χ2v) is 6.17. The number of halogens is 1. The van der Waals surface area contributed by atoms with Crippen LogP contribution >= 0.6 is 11.6 Å². The number of hydrogen-bond acceptors (Lipinski definition) is 2. The van der Waals surface area contributed by atoms with E-state index < -0.39 is 0 Å². The predicted molar refractivity (Wildman–Crippen MR) is 103 cm³/mol. The van der Waals surface area contributed by atoms with Crippen LogP contribution in [0.1, 0.15) is 11.1 Å². The van der Waals surface area contributed by atoms with Crippen LogP contribution in [0.3, 0.4) is 0 Å². The fourth-order valence-corrected chi connectivity index (χ4v) is 2.77. The van der Waals surface area contributed by atoms with Gasteiger partial charge in [-0.25, -0.2) is 0 Å². The lowest BCUT2D eigenvalue weighted by Crippen LogP contribution is -2.03. The molecule has 0 saturated heterocycles. The number of hydrogen-bond donors (Lipinski definition) is 0. The van der Waals surface area contributed by atoms with Crippen molar-refractivity contribution < 1.29 is 9.47 Å². The molecule has 0 bridgehead atoms. The second-order valence-electron chi connectivity index (χ2n) is 5.76. The molecule has 0 unspecified atom stereocenters. The van der Waals surface area contributed by atoms with E-state index in [2.05, 4.69) is 24.3 Å². The quantitative estimate of drug-likeness (QED) is 0.526. The normalized spacial score (nSPS) is 10.4. The van der Waals surface area contributed by atoms with E-state index in [4.69, 9.17) is 21.1 Å². The Morgan fingerprint density at radius 2 is 1.20 bits per heavy atom. The lowest BCUT2D eigenvalue weighted by Gasteiger charge is -2.11. The molecular weight excluding hydrogens is 332 g/mol. The maximum Gasteiger partial charge on any atom is 0.138 e. The summed E-state index contributed by atoms with van der Waals surface area (Å²) < 4.78 is 11.6. The van der Waals surface area contributed by atoms with Gasteiger partial charge in [-0.05, 0) is 23.3 Å². The van der Waals surface area contributed by atoms with Gasteiger partial charge in [-0.1, -0.05) is 72.3 Å². The Labute approximate surface area is 154 Å². The molecule has 2 nitrogen and oxygen atoms in total. The smallest absolute Gasteiger partial charge is 0.138 e. The van der Waals surface area contributed by atoms with Gasteiger partial charge in [0.05, 0.1) is 18.2 Å². The summed E-state index contributed by atoms with van der Waals surface area (Å²) in [6, 6.07) is 26.1. The first-order valence-corrected chi connectivity index (χ1v) is 8.82. The zero-order valence-corrected chi connectivity index (χ0v) is 14.8. The Hall–Kier alpha value is -2.45. The van der Waals surface area contributed by atoms with E-state index in [1.54, 1.807) is 0 Å². The summed E-state index contributed by atoms with van der Waals surface area (Å²) in [7, 11) is 0. The molecular formula is C22H21ClO2. The van der Waals surface area contributed by atoms with E-state index in [1.807, 2.05) is 54.6 Å². The zero-order chi connectivity index (χ0) is 17.3. The molecule has 0 N–H and O–H groups in total. The first kappa shape index (κ1) is 17.4. The van der Waals surface area contributed by atoms with Crippen LogP contribution in [0.2, 0.25) is 5.02 Å². The molecule has 0 heterocycles. The lowest BCUT2D eigenvalue weighted by atomic mass is 10.2. The third kappa shape index (κ3) is 5.54. The molecule has 128 valence electrons. The third-order valence-corrected chi connectivity index (χ3v) is 4.19. The topological polar surface area (TPSA) is 18.5 Å². The molecule has 0 radical (unpaired) electrons. The van der Waals surface area contributed by atoms with E-state index in [9.17, 15) is 0 Å². The van der Waals surface area contributed by atoms with Crippen molar-refractivity contribution in [3.8, 4) is 11.5 Å². The lowest BCUT2D eigenvalue weighted by molar-refractivity contribution is 0.313. The highest BCUT2D eigenvalue weighted by atomic mass is 35.5. The first-order valence-electron chi connectivity index (χ1n) is 8.44. The maximum absolute atomic E-state index is 6.30. The molecule has 3 rings (SSSR count). The molecule has 0 aliphatic rings. The van der Waals surface area contributed by atoms with Crippen molar-refractivity contribution in [2.45, 2.75) is 12.8 Å². The molecule has 3 aromatic carbocycles. The molecule has 0 atom stereocenters. The highest BCUT2D eigenvalue weighted by Gasteiger charge is 2.04. The van der Waals surface area contributed by atoms with Crippen LogP contribution < -0.4 is 9.47 Å². The molecule has 3 aromatic rings. The Morgan fingerprint density at radius 1 is 0.640 bits per heavy atom. The highest BCUT2D eigenvalue weighted by Crippen LogP contribution is 2.29. The van der Waals surface area contributed by atoms with Crippen molar-refractivity contribution in [2.75, 3.05) is 13.2 Å². The molecule has 0 amide bonds. The molecule has 0 fully saturated rings. The molecule has 0 aliphatic heterocycles. The van der Waals surface area contributed by atoms with Crippen molar-refractivity contribution >= 4 is 11.6 Å². The first-order chi connectivity index (χ1) is 12.3. The Kier molecular flexibility index (Phi) is 6.35. The molecule has 3 heteroatoms. The van der Waals surface area contributed by atoms with Gasteiger partial charge in [0.2, 0.25) is 0 Å². The van der Waals surface area contributed by atoms with Crippen molar-refractivity contribution in [1.82, 2.24) is 0 Å². The molecule has 0 spiro atoms. The van der Waals surface area contributed by atoms with Crippen LogP contribution in [0.25, 0.3) is 0 Å². The Balaban J connectivity index is 1.47. The maximum atomic E-state index is 6.30. The fourth-order valence-electron chi connectivity index (χ4n) is 2.54. The van der Waals surface area contributed by atoms with Crippen molar-refractivity contribution in [3.05, 3.63) is 95.0 Å². The van der Waals surface area contributed by atoms with Crippen molar-refractivity contribution in [2.24, 2.45) is 0 Å². The largest absolute Gasteiger partial charge is 0.493 e. The van der Waals surface area contributed by atoms with Gasteiger partial charge in [0.15, 0.2) is 0 Å². The number of rotatable bonds is 8. The average molecular weight is 353 g/mol.